The van der Waals surface area contributed by atoms with Crippen molar-refractivity contribution in [3.8, 4) is 0 Å². The van der Waals surface area contributed by atoms with Gasteiger partial charge in [0.15, 0.2) is 0 Å². The van der Waals surface area contributed by atoms with Gasteiger partial charge in [0, 0.05) is 36.9 Å². The molecule has 2 aromatic rings. The van der Waals surface area contributed by atoms with Gasteiger partial charge in [-0.15, -0.1) is 0 Å². The van der Waals surface area contributed by atoms with Crippen molar-refractivity contribution < 1.29 is 4.79 Å². The van der Waals surface area contributed by atoms with Crippen molar-refractivity contribution in [2.24, 2.45) is 5.92 Å². The predicted octanol–water partition coefficient (Wildman–Crippen LogP) is 4.99. The molecule has 0 bridgehead atoms. The van der Waals surface area contributed by atoms with Gasteiger partial charge in [-0.1, -0.05) is 49.7 Å². The highest BCUT2D eigenvalue weighted by Gasteiger charge is 2.25. The topological polar surface area (TPSA) is 23.6 Å². The van der Waals surface area contributed by atoms with Crippen LogP contribution in [0.25, 0.3) is 0 Å². The van der Waals surface area contributed by atoms with Crippen molar-refractivity contribution in [1.82, 2.24) is 4.90 Å². The predicted molar refractivity (Wildman–Crippen MR) is 114 cm³/mol. The summed E-state index contributed by atoms with van der Waals surface area (Å²) in [7, 11) is 0. The molecule has 2 aromatic carbocycles. The molecule has 0 radical (unpaired) electrons. The van der Waals surface area contributed by atoms with Gasteiger partial charge in [0.25, 0.3) is 0 Å². The van der Waals surface area contributed by atoms with Crippen molar-refractivity contribution in [1.29, 1.82) is 0 Å². The van der Waals surface area contributed by atoms with Gasteiger partial charge in [-0.05, 0) is 54.7 Å². The molecule has 1 unspecified atom stereocenters. The first-order valence-electron chi connectivity index (χ1n) is 9.82. The minimum Gasteiger partial charge on any atom is -0.368 e. The fourth-order valence-corrected chi connectivity index (χ4v) is 3.79. The summed E-state index contributed by atoms with van der Waals surface area (Å²) >= 11 is 5.97. The molecule has 0 aliphatic carbocycles. The normalized spacial score (nSPS) is 15.9. The van der Waals surface area contributed by atoms with Crippen LogP contribution in [0.1, 0.15) is 37.8 Å². The summed E-state index contributed by atoms with van der Waals surface area (Å²) in [5.74, 6) is 0.773. The minimum absolute atomic E-state index is 0.0971. The van der Waals surface area contributed by atoms with E-state index in [0.717, 1.165) is 43.2 Å². The van der Waals surface area contributed by atoms with E-state index in [1.165, 1.54) is 11.3 Å². The molecule has 4 heteroatoms. The van der Waals surface area contributed by atoms with Crippen LogP contribution in [0, 0.1) is 5.92 Å². The number of benzene rings is 2. The average Bonchev–Trinajstić information content (AvgIpc) is 2.68. The van der Waals surface area contributed by atoms with Gasteiger partial charge in [-0.2, -0.15) is 0 Å². The summed E-state index contributed by atoms with van der Waals surface area (Å²) in [6.07, 6.45) is 1.08. The number of rotatable bonds is 5. The molecule has 1 saturated heterocycles. The van der Waals surface area contributed by atoms with Crippen LogP contribution in [0.3, 0.4) is 0 Å². The zero-order valence-electron chi connectivity index (χ0n) is 16.5. The number of hydrogen-bond acceptors (Lipinski definition) is 2. The molecule has 1 aliphatic heterocycles. The first-order valence-corrected chi connectivity index (χ1v) is 10.2. The molecular formula is C23H29ClN2O. The van der Waals surface area contributed by atoms with Crippen LogP contribution in [0.2, 0.25) is 5.02 Å². The summed E-state index contributed by atoms with van der Waals surface area (Å²) in [5, 5.41) is 0.751. The number of anilines is 1. The number of hydrogen-bond donors (Lipinski definition) is 0. The zero-order chi connectivity index (χ0) is 19.4. The Morgan fingerprint density at radius 1 is 0.926 bits per heavy atom. The lowest BCUT2D eigenvalue weighted by Gasteiger charge is -2.37. The SMILES string of the molecule is CC(C)Cc1ccc(C(C)C(=O)N2CCN(c3ccc(Cl)cc3)CC2)cc1. The Hall–Kier alpha value is -2.00. The average molecular weight is 385 g/mol. The zero-order valence-corrected chi connectivity index (χ0v) is 17.2. The van der Waals surface area contributed by atoms with Gasteiger partial charge in [0.1, 0.15) is 0 Å². The lowest BCUT2D eigenvalue weighted by molar-refractivity contribution is -0.132. The Morgan fingerprint density at radius 3 is 2.07 bits per heavy atom. The minimum atomic E-state index is -0.0971. The van der Waals surface area contributed by atoms with Crippen molar-refractivity contribution >= 4 is 23.2 Å². The third-order valence-electron chi connectivity index (χ3n) is 5.28. The Morgan fingerprint density at radius 2 is 1.52 bits per heavy atom. The molecule has 0 aromatic heterocycles. The van der Waals surface area contributed by atoms with E-state index in [1.807, 2.05) is 36.1 Å². The van der Waals surface area contributed by atoms with E-state index in [-0.39, 0.29) is 11.8 Å². The molecule has 1 aliphatic rings. The van der Waals surface area contributed by atoms with E-state index in [1.54, 1.807) is 0 Å². The first-order chi connectivity index (χ1) is 12.9. The van der Waals surface area contributed by atoms with E-state index in [2.05, 4.69) is 43.0 Å². The summed E-state index contributed by atoms with van der Waals surface area (Å²) in [6.45, 7) is 9.70. The molecule has 1 amide bonds. The maximum Gasteiger partial charge on any atom is 0.229 e. The Labute approximate surface area is 167 Å². The number of nitrogens with zero attached hydrogens (tertiary/aromatic N) is 2. The molecule has 144 valence electrons. The van der Waals surface area contributed by atoms with E-state index >= 15 is 0 Å². The number of piperazine rings is 1. The van der Waals surface area contributed by atoms with Gasteiger partial charge in [0.2, 0.25) is 5.91 Å². The van der Waals surface area contributed by atoms with E-state index in [4.69, 9.17) is 11.6 Å². The number of amides is 1. The largest absolute Gasteiger partial charge is 0.368 e. The van der Waals surface area contributed by atoms with Gasteiger partial charge in [-0.3, -0.25) is 4.79 Å². The van der Waals surface area contributed by atoms with Crippen LogP contribution < -0.4 is 4.90 Å². The molecule has 1 heterocycles. The fourth-order valence-electron chi connectivity index (χ4n) is 3.67. The number of carbonyl (C=O) groups is 1. The second-order valence-corrected chi connectivity index (χ2v) is 8.29. The van der Waals surface area contributed by atoms with E-state index in [0.29, 0.717) is 5.92 Å². The Bertz CT molecular complexity index is 747. The Balaban J connectivity index is 1.57. The van der Waals surface area contributed by atoms with Crippen LogP contribution in [-0.4, -0.2) is 37.0 Å². The van der Waals surface area contributed by atoms with E-state index in [9.17, 15) is 4.79 Å². The van der Waals surface area contributed by atoms with Crippen molar-refractivity contribution in [2.45, 2.75) is 33.1 Å². The standard InChI is InChI=1S/C23H29ClN2O/c1-17(2)16-19-4-6-20(7-5-19)18(3)23(27)26-14-12-25(13-15-26)22-10-8-21(24)9-11-22/h4-11,17-18H,12-16H2,1-3H3. The third-order valence-corrected chi connectivity index (χ3v) is 5.53. The second-order valence-electron chi connectivity index (χ2n) is 7.85. The number of carbonyl (C=O) groups excluding carboxylic acids is 1. The van der Waals surface area contributed by atoms with Crippen molar-refractivity contribution in [3.63, 3.8) is 0 Å². The van der Waals surface area contributed by atoms with Crippen LogP contribution in [0.5, 0.6) is 0 Å². The smallest absolute Gasteiger partial charge is 0.229 e. The van der Waals surface area contributed by atoms with Crippen LogP contribution in [-0.2, 0) is 11.2 Å². The van der Waals surface area contributed by atoms with Crippen LogP contribution in [0.4, 0.5) is 5.69 Å². The molecule has 27 heavy (non-hydrogen) atoms. The van der Waals surface area contributed by atoms with Crippen molar-refractivity contribution in [2.75, 3.05) is 31.1 Å². The fraction of sp³-hybridized carbons (Fsp3) is 0.435. The van der Waals surface area contributed by atoms with Gasteiger partial charge in [0.05, 0.1) is 5.92 Å². The summed E-state index contributed by atoms with van der Waals surface area (Å²) in [5.41, 5.74) is 3.61. The Kier molecular flexibility index (Phi) is 6.43. The summed E-state index contributed by atoms with van der Waals surface area (Å²) in [4.78, 5) is 17.2. The molecule has 0 saturated carbocycles. The molecule has 1 atom stereocenters. The quantitative estimate of drug-likeness (QED) is 0.724. The lowest BCUT2D eigenvalue weighted by atomic mass is 9.95. The third kappa shape index (κ3) is 5.04. The molecule has 0 N–H and O–H groups in total. The summed E-state index contributed by atoms with van der Waals surface area (Å²) < 4.78 is 0. The molecule has 3 nitrogen and oxygen atoms in total. The molecule has 3 rings (SSSR count). The van der Waals surface area contributed by atoms with Crippen LogP contribution >= 0.6 is 11.6 Å². The highest BCUT2D eigenvalue weighted by atomic mass is 35.5. The highest BCUT2D eigenvalue weighted by molar-refractivity contribution is 6.30. The van der Waals surface area contributed by atoms with E-state index < -0.39 is 0 Å². The van der Waals surface area contributed by atoms with Gasteiger partial charge in [-0.25, -0.2) is 0 Å². The maximum atomic E-state index is 12.9. The summed E-state index contributed by atoms with van der Waals surface area (Å²) in [6, 6.07) is 16.5. The lowest BCUT2D eigenvalue weighted by Crippen LogP contribution is -2.49. The molecule has 0 spiro atoms. The number of halogens is 1. The van der Waals surface area contributed by atoms with Gasteiger partial charge >= 0.3 is 0 Å². The molecule has 1 fully saturated rings. The highest BCUT2D eigenvalue weighted by Crippen LogP contribution is 2.23. The maximum absolute atomic E-state index is 12.9. The first kappa shape index (κ1) is 19.8. The van der Waals surface area contributed by atoms with Crippen molar-refractivity contribution in [3.05, 3.63) is 64.7 Å². The van der Waals surface area contributed by atoms with Gasteiger partial charge < -0.3 is 9.80 Å². The second kappa shape index (κ2) is 8.79. The monoisotopic (exact) mass is 384 g/mol. The van der Waals surface area contributed by atoms with Crippen LogP contribution in [0.15, 0.2) is 48.5 Å². The molecular weight excluding hydrogens is 356 g/mol.